The molecule has 0 amide bonds. The Morgan fingerprint density at radius 3 is 2.33 bits per heavy atom. The number of hydrogen-bond acceptors (Lipinski definition) is 5. The minimum absolute atomic E-state index is 0.142. The van der Waals surface area contributed by atoms with Crippen molar-refractivity contribution in [2.24, 2.45) is 34.5 Å². The van der Waals surface area contributed by atoms with Gasteiger partial charge in [0.15, 0.2) is 0 Å². The van der Waals surface area contributed by atoms with Crippen LogP contribution in [0.5, 0.6) is 0 Å². The third-order valence-electron chi connectivity index (χ3n) is 9.55. The normalized spacial score (nSPS) is 55.5. The van der Waals surface area contributed by atoms with Gasteiger partial charge in [0.25, 0.3) is 0 Å². The standard InChI is InChI=1S/C20H34O6S/c1-18-8-6-13(26-27(23,24)25)10-12(18)4-5-14-15(18)7-9-19(2)16(14)11-17(21)20(19,3)22/h12-17,21-22H,4-11H2,1-3H3,(H,23,24,25)/t12-,13-,14+,15-,16-,17-,18-,19-,20-/m0/s1. The summed E-state index contributed by atoms with van der Waals surface area (Å²) in [6.45, 7) is 6.32. The first kappa shape index (κ1) is 20.1. The maximum absolute atomic E-state index is 11.1. The fraction of sp³-hybridized carbons (Fsp3) is 1.00. The van der Waals surface area contributed by atoms with E-state index in [0.29, 0.717) is 42.9 Å². The smallest absolute Gasteiger partial charge is 0.390 e. The van der Waals surface area contributed by atoms with Gasteiger partial charge in [-0.05, 0) is 87.4 Å². The molecule has 0 spiro atoms. The van der Waals surface area contributed by atoms with Crippen LogP contribution in [0.2, 0.25) is 0 Å². The van der Waals surface area contributed by atoms with Crippen molar-refractivity contribution in [2.45, 2.75) is 89.9 Å². The van der Waals surface area contributed by atoms with Gasteiger partial charge in [0, 0.05) is 5.41 Å². The van der Waals surface area contributed by atoms with Crippen LogP contribution in [0.15, 0.2) is 0 Å². The van der Waals surface area contributed by atoms with E-state index in [2.05, 4.69) is 13.8 Å². The van der Waals surface area contributed by atoms with Crippen LogP contribution in [-0.4, -0.2) is 41.0 Å². The molecule has 9 atom stereocenters. The highest BCUT2D eigenvalue weighted by Crippen LogP contribution is 2.68. The molecule has 0 aromatic rings. The quantitative estimate of drug-likeness (QED) is 0.614. The van der Waals surface area contributed by atoms with Crippen molar-refractivity contribution in [3.63, 3.8) is 0 Å². The molecule has 4 rings (SSSR count). The Labute approximate surface area is 162 Å². The fourth-order valence-corrected chi connectivity index (χ4v) is 8.23. The summed E-state index contributed by atoms with van der Waals surface area (Å²) in [7, 11) is -4.40. The second-order valence-corrected chi connectivity index (χ2v) is 11.5. The van der Waals surface area contributed by atoms with Crippen molar-refractivity contribution < 1.29 is 27.4 Å². The lowest BCUT2D eigenvalue weighted by Gasteiger charge is -2.61. The topological polar surface area (TPSA) is 104 Å². The van der Waals surface area contributed by atoms with E-state index in [4.69, 9.17) is 8.74 Å². The number of hydrogen-bond donors (Lipinski definition) is 3. The number of rotatable bonds is 2. The Morgan fingerprint density at radius 1 is 0.963 bits per heavy atom. The van der Waals surface area contributed by atoms with Crippen LogP contribution >= 0.6 is 0 Å². The first-order chi connectivity index (χ1) is 12.4. The summed E-state index contributed by atoms with van der Waals surface area (Å²) in [6.07, 6.45) is 5.91. The molecule has 0 unspecified atom stereocenters. The number of aliphatic hydroxyl groups is 2. The van der Waals surface area contributed by atoms with E-state index in [1.54, 1.807) is 0 Å². The maximum atomic E-state index is 11.1. The van der Waals surface area contributed by atoms with Gasteiger partial charge in [-0.15, -0.1) is 0 Å². The monoisotopic (exact) mass is 402 g/mol. The molecule has 0 aliphatic heterocycles. The summed E-state index contributed by atoms with van der Waals surface area (Å²) in [6, 6.07) is 0. The van der Waals surface area contributed by atoms with Crippen molar-refractivity contribution >= 4 is 10.4 Å². The molecule has 6 nitrogen and oxygen atoms in total. The van der Waals surface area contributed by atoms with E-state index < -0.39 is 28.2 Å². The molecule has 0 aromatic carbocycles. The molecule has 4 fully saturated rings. The molecule has 0 radical (unpaired) electrons. The third kappa shape index (κ3) is 2.91. The molecule has 3 N–H and O–H groups in total. The summed E-state index contributed by atoms with van der Waals surface area (Å²) in [5.74, 6) is 1.79. The lowest BCUT2D eigenvalue weighted by atomic mass is 9.44. The summed E-state index contributed by atoms with van der Waals surface area (Å²) in [4.78, 5) is 0. The lowest BCUT2D eigenvalue weighted by Crippen LogP contribution is -2.57. The van der Waals surface area contributed by atoms with Gasteiger partial charge in [-0.2, -0.15) is 8.42 Å². The van der Waals surface area contributed by atoms with Crippen LogP contribution in [-0.2, 0) is 14.6 Å². The van der Waals surface area contributed by atoms with Gasteiger partial charge >= 0.3 is 10.4 Å². The van der Waals surface area contributed by atoms with Crippen LogP contribution in [0.25, 0.3) is 0 Å². The molecule has 156 valence electrons. The molecule has 4 aliphatic carbocycles. The van der Waals surface area contributed by atoms with E-state index in [-0.39, 0.29) is 10.8 Å². The van der Waals surface area contributed by atoms with Crippen molar-refractivity contribution in [3.05, 3.63) is 0 Å². The predicted molar refractivity (Wildman–Crippen MR) is 100 cm³/mol. The summed E-state index contributed by atoms with van der Waals surface area (Å²) < 4.78 is 36.1. The average Bonchev–Trinajstić information content (AvgIpc) is 2.73. The second kappa shape index (κ2) is 6.14. The van der Waals surface area contributed by atoms with Crippen LogP contribution in [0.4, 0.5) is 0 Å². The van der Waals surface area contributed by atoms with Crippen LogP contribution in [0, 0.1) is 34.5 Å². The van der Waals surface area contributed by atoms with Crippen LogP contribution in [0.3, 0.4) is 0 Å². The van der Waals surface area contributed by atoms with Gasteiger partial charge in [-0.3, -0.25) is 4.55 Å². The number of fused-ring (bicyclic) bond motifs is 5. The van der Waals surface area contributed by atoms with Crippen LogP contribution in [0.1, 0.15) is 72.1 Å². The highest BCUT2D eigenvalue weighted by molar-refractivity contribution is 7.80. The molecular formula is C20H34O6S. The molecule has 4 saturated carbocycles. The Bertz CT molecular complexity index is 705. The Kier molecular flexibility index (Phi) is 4.57. The van der Waals surface area contributed by atoms with Gasteiger partial charge < -0.3 is 10.2 Å². The van der Waals surface area contributed by atoms with E-state index in [1.807, 2.05) is 6.92 Å². The highest BCUT2D eigenvalue weighted by atomic mass is 32.3. The summed E-state index contributed by atoms with van der Waals surface area (Å²) in [5.41, 5.74) is -1.12. The molecule has 7 heteroatoms. The summed E-state index contributed by atoms with van der Waals surface area (Å²) >= 11 is 0. The first-order valence-corrected chi connectivity index (χ1v) is 11.8. The Hall–Kier alpha value is -0.210. The van der Waals surface area contributed by atoms with Crippen molar-refractivity contribution in [1.82, 2.24) is 0 Å². The molecular weight excluding hydrogens is 368 g/mol. The van der Waals surface area contributed by atoms with Gasteiger partial charge in [0.2, 0.25) is 0 Å². The summed E-state index contributed by atoms with van der Waals surface area (Å²) in [5, 5.41) is 21.5. The molecule has 0 saturated heterocycles. The Morgan fingerprint density at radius 2 is 1.67 bits per heavy atom. The Balaban J connectivity index is 1.56. The van der Waals surface area contributed by atoms with Gasteiger partial charge in [-0.1, -0.05) is 13.8 Å². The predicted octanol–water partition coefficient (Wildman–Crippen LogP) is 2.94. The minimum Gasteiger partial charge on any atom is -0.390 e. The minimum atomic E-state index is -4.40. The SMILES string of the molecule is C[C@]12CC[C@H](OS(=O)(=O)O)C[C@@H]1CC[C@@H]1[C@@H]2CC[C@@]2(C)[C@H]1C[C@H](O)[C@]2(C)O. The molecule has 0 aromatic heterocycles. The van der Waals surface area contributed by atoms with Gasteiger partial charge in [0.05, 0.1) is 17.8 Å². The largest absolute Gasteiger partial charge is 0.397 e. The fourth-order valence-electron chi connectivity index (χ4n) is 7.71. The van der Waals surface area contributed by atoms with Gasteiger partial charge in [0.1, 0.15) is 0 Å². The second-order valence-electron chi connectivity index (χ2n) is 10.4. The molecule has 0 heterocycles. The maximum Gasteiger partial charge on any atom is 0.397 e. The van der Waals surface area contributed by atoms with E-state index in [1.165, 1.54) is 0 Å². The van der Waals surface area contributed by atoms with E-state index in [0.717, 1.165) is 32.1 Å². The average molecular weight is 403 g/mol. The zero-order valence-corrected chi connectivity index (χ0v) is 17.4. The van der Waals surface area contributed by atoms with Crippen molar-refractivity contribution in [2.75, 3.05) is 0 Å². The van der Waals surface area contributed by atoms with Crippen molar-refractivity contribution in [1.29, 1.82) is 0 Å². The molecule has 0 bridgehead atoms. The third-order valence-corrected chi connectivity index (χ3v) is 10.1. The van der Waals surface area contributed by atoms with E-state index in [9.17, 15) is 18.6 Å². The zero-order valence-electron chi connectivity index (χ0n) is 16.6. The molecule has 27 heavy (non-hydrogen) atoms. The lowest BCUT2D eigenvalue weighted by molar-refractivity contribution is -0.163. The van der Waals surface area contributed by atoms with Gasteiger partial charge in [-0.25, -0.2) is 4.18 Å². The van der Waals surface area contributed by atoms with Crippen LogP contribution < -0.4 is 0 Å². The molecule has 4 aliphatic rings. The zero-order chi connectivity index (χ0) is 19.8. The van der Waals surface area contributed by atoms with E-state index >= 15 is 0 Å². The highest BCUT2D eigenvalue weighted by Gasteiger charge is 2.66. The first-order valence-electron chi connectivity index (χ1n) is 10.4. The number of aliphatic hydroxyl groups excluding tert-OH is 1. The van der Waals surface area contributed by atoms with Crippen molar-refractivity contribution in [3.8, 4) is 0 Å².